The van der Waals surface area contributed by atoms with Gasteiger partial charge in [0.05, 0.1) is 5.41 Å². The average Bonchev–Trinajstić information content (AvgIpc) is 2.29. The standard InChI is InChI=1S/C15H29NO2/c1-5-7-13(3)16(4)11-15(14(17)18)9-6-8-12(2)10-15/h12-13H,5-11H2,1-4H3,(H,17,18). The van der Waals surface area contributed by atoms with E-state index in [1.54, 1.807) is 0 Å². The molecule has 0 radical (unpaired) electrons. The molecule has 3 nitrogen and oxygen atoms in total. The maximum Gasteiger partial charge on any atom is 0.310 e. The van der Waals surface area contributed by atoms with Crippen molar-refractivity contribution in [1.29, 1.82) is 0 Å². The normalized spacial score (nSPS) is 30.4. The smallest absolute Gasteiger partial charge is 0.310 e. The first-order valence-corrected chi connectivity index (χ1v) is 7.35. The van der Waals surface area contributed by atoms with Gasteiger partial charge in [-0.05, 0) is 39.2 Å². The zero-order valence-corrected chi connectivity index (χ0v) is 12.4. The van der Waals surface area contributed by atoms with Crippen LogP contribution < -0.4 is 0 Å². The van der Waals surface area contributed by atoms with Gasteiger partial charge in [0.15, 0.2) is 0 Å². The van der Waals surface area contributed by atoms with Crippen LogP contribution in [0.1, 0.15) is 59.3 Å². The fourth-order valence-electron chi connectivity index (χ4n) is 3.34. The Morgan fingerprint density at radius 2 is 2.22 bits per heavy atom. The van der Waals surface area contributed by atoms with Gasteiger partial charge in [-0.2, -0.15) is 0 Å². The van der Waals surface area contributed by atoms with Crippen LogP contribution in [0.2, 0.25) is 0 Å². The molecule has 0 spiro atoms. The van der Waals surface area contributed by atoms with E-state index in [0.717, 1.165) is 32.1 Å². The molecule has 0 aromatic heterocycles. The largest absolute Gasteiger partial charge is 0.481 e. The van der Waals surface area contributed by atoms with Crippen LogP contribution in [-0.2, 0) is 4.79 Å². The van der Waals surface area contributed by atoms with Gasteiger partial charge in [0, 0.05) is 12.6 Å². The maximum absolute atomic E-state index is 11.7. The van der Waals surface area contributed by atoms with E-state index in [1.165, 1.54) is 6.42 Å². The molecule has 0 bridgehead atoms. The number of carboxylic acid groups (broad SMARTS) is 1. The highest BCUT2D eigenvalue weighted by atomic mass is 16.4. The highest BCUT2D eigenvalue weighted by Gasteiger charge is 2.42. The van der Waals surface area contributed by atoms with E-state index in [1.807, 2.05) is 0 Å². The minimum atomic E-state index is -0.593. The van der Waals surface area contributed by atoms with Crippen LogP contribution in [0.5, 0.6) is 0 Å². The van der Waals surface area contributed by atoms with Crippen molar-refractivity contribution in [1.82, 2.24) is 4.90 Å². The van der Waals surface area contributed by atoms with Crippen molar-refractivity contribution in [3.63, 3.8) is 0 Å². The molecule has 1 fully saturated rings. The van der Waals surface area contributed by atoms with E-state index in [9.17, 15) is 9.90 Å². The summed E-state index contributed by atoms with van der Waals surface area (Å²) in [4.78, 5) is 14.0. The van der Waals surface area contributed by atoms with Crippen LogP contribution in [0.25, 0.3) is 0 Å². The van der Waals surface area contributed by atoms with E-state index in [0.29, 0.717) is 18.5 Å². The number of carbonyl (C=O) groups is 1. The first-order chi connectivity index (χ1) is 8.41. The highest BCUT2D eigenvalue weighted by molar-refractivity contribution is 5.75. The Labute approximate surface area is 112 Å². The number of hydrogen-bond donors (Lipinski definition) is 1. The van der Waals surface area contributed by atoms with Gasteiger partial charge in [-0.15, -0.1) is 0 Å². The van der Waals surface area contributed by atoms with Crippen LogP contribution in [0.15, 0.2) is 0 Å². The maximum atomic E-state index is 11.7. The Kier molecular flexibility index (Phi) is 5.64. The summed E-state index contributed by atoms with van der Waals surface area (Å²) < 4.78 is 0. The zero-order valence-electron chi connectivity index (χ0n) is 12.4. The van der Waals surface area contributed by atoms with E-state index >= 15 is 0 Å². The first-order valence-electron chi connectivity index (χ1n) is 7.35. The molecule has 0 aliphatic heterocycles. The molecule has 0 saturated heterocycles. The molecule has 0 heterocycles. The number of rotatable bonds is 6. The van der Waals surface area contributed by atoms with Gasteiger partial charge in [-0.1, -0.05) is 33.1 Å². The summed E-state index contributed by atoms with van der Waals surface area (Å²) in [5.74, 6) is -0.0469. The molecule has 0 aromatic rings. The monoisotopic (exact) mass is 255 g/mol. The fourth-order valence-corrected chi connectivity index (χ4v) is 3.34. The number of nitrogens with zero attached hydrogens (tertiary/aromatic N) is 1. The van der Waals surface area contributed by atoms with Crippen molar-refractivity contribution in [3.8, 4) is 0 Å². The molecular weight excluding hydrogens is 226 g/mol. The van der Waals surface area contributed by atoms with Gasteiger partial charge in [-0.25, -0.2) is 0 Å². The van der Waals surface area contributed by atoms with Crippen LogP contribution in [0.3, 0.4) is 0 Å². The molecule has 0 aromatic carbocycles. The van der Waals surface area contributed by atoms with Crippen molar-refractivity contribution in [2.24, 2.45) is 11.3 Å². The van der Waals surface area contributed by atoms with Crippen LogP contribution in [0, 0.1) is 11.3 Å². The third kappa shape index (κ3) is 3.71. The predicted molar refractivity (Wildman–Crippen MR) is 74.7 cm³/mol. The number of hydrogen-bond acceptors (Lipinski definition) is 2. The second kappa shape index (κ2) is 6.55. The Hall–Kier alpha value is -0.570. The van der Waals surface area contributed by atoms with Gasteiger partial charge in [-0.3, -0.25) is 4.79 Å². The lowest BCUT2D eigenvalue weighted by Gasteiger charge is -2.40. The van der Waals surface area contributed by atoms with Gasteiger partial charge < -0.3 is 10.0 Å². The molecule has 18 heavy (non-hydrogen) atoms. The lowest BCUT2D eigenvalue weighted by Crippen LogP contribution is -2.47. The minimum absolute atomic E-state index is 0.475. The third-order valence-corrected chi connectivity index (χ3v) is 4.56. The molecule has 1 aliphatic rings. The average molecular weight is 255 g/mol. The predicted octanol–water partition coefficient (Wildman–Crippen LogP) is 3.39. The molecule has 3 atom stereocenters. The van der Waals surface area contributed by atoms with Crippen molar-refractivity contribution in [2.45, 2.75) is 65.3 Å². The van der Waals surface area contributed by atoms with Crippen LogP contribution >= 0.6 is 0 Å². The van der Waals surface area contributed by atoms with Crippen molar-refractivity contribution in [2.75, 3.05) is 13.6 Å². The summed E-state index contributed by atoms with van der Waals surface area (Å²) in [5.41, 5.74) is -0.506. The molecule has 3 heteroatoms. The molecule has 1 rings (SSSR count). The fraction of sp³-hybridized carbons (Fsp3) is 0.933. The lowest BCUT2D eigenvalue weighted by molar-refractivity contribution is -0.153. The van der Waals surface area contributed by atoms with Crippen molar-refractivity contribution < 1.29 is 9.90 Å². The third-order valence-electron chi connectivity index (χ3n) is 4.56. The minimum Gasteiger partial charge on any atom is -0.481 e. The second-order valence-corrected chi connectivity index (χ2v) is 6.34. The molecule has 1 saturated carbocycles. The topological polar surface area (TPSA) is 40.5 Å². The van der Waals surface area contributed by atoms with Crippen LogP contribution in [-0.4, -0.2) is 35.6 Å². The highest BCUT2D eigenvalue weighted by Crippen LogP contribution is 2.40. The van der Waals surface area contributed by atoms with E-state index in [4.69, 9.17) is 0 Å². The summed E-state index contributed by atoms with van der Waals surface area (Å²) in [6.07, 6.45) is 6.22. The van der Waals surface area contributed by atoms with Gasteiger partial charge in [0.2, 0.25) is 0 Å². The summed E-state index contributed by atoms with van der Waals surface area (Å²) >= 11 is 0. The van der Waals surface area contributed by atoms with Gasteiger partial charge in [0.1, 0.15) is 0 Å². The van der Waals surface area contributed by atoms with E-state index in [-0.39, 0.29) is 0 Å². The molecule has 106 valence electrons. The quantitative estimate of drug-likeness (QED) is 0.791. The van der Waals surface area contributed by atoms with Crippen molar-refractivity contribution in [3.05, 3.63) is 0 Å². The Morgan fingerprint density at radius 3 is 2.72 bits per heavy atom. The number of aliphatic carboxylic acids is 1. The molecule has 1 N–H and O–H groups in total. The summed E-state index contributed by atoms with van der Waals surface area (Å²) in [6.45, 7) is 7.27. The zero-order chi connectivity index (χ0) is 13.8. The summed E-state index contributed by atoms with van der Waals surface area (Å²) in [6, 6.07) is 0.475. The van der Waals surface area contributed by atoms with E-state index in [2.05, 4.69) is 32.7 Å². The van der Waals surface area contributed by atoms with Crippen LogP contribution in [0.4, 0.5) is 0 Å². The van der Waals surface area contributed by atoms with Gasteiger partial charge in [0.25, 0.3) is 0 Å². The van der Waals surface area contributed by atoms with Gasteiger partial charge >= 0.3 is 5.97 Å². The molecule has 3 unspecified atom stereocenters. The number of carboxylic acids is 1. The van der Waals surface area contributed by atoms with E-state index < -0.39 is 11.4 Å². The van der Waals surface area contributed by atoms with Crippen molar-refractivity contribution >= 4 is 5.97 Å². The lowest BCUT2D eigenvalue weighted by atomic mass is 9.69. The first kappa shape index (κ1) is 15.5. The Balaban J connectivity index is 2.70. The second-order valence-electron chi connectivity index (χ2n) is 6.34. The SMILES string of the molecule is CCCC(C)N(C)CC1(C(=O)O)CCCC(C)C1. The Morgan fingerprint density at radius 1 is 1.56 bits per heavy atom. The molecule has 1 aliphatic carbocycles. The summed E-state index contributed by atoms with van der Waals surface area (Å²) in [7, 11) is 2.07. The summed E-state index contributed by atoms with van der Waals surface area (Å²) in [5, 5.41) is 9.64. The molecular formula is C15H29NO2. The Bertz CT molecular complexity index is 280. The molecule has 0 amide bonds.